The molecular formula is C36H76O16. The molecule has 16 nitrogen and oxygen atoms in total. The van der Waals surface area contributed by atoms with E-state index in [1.807, 2.05) is 0 Å². The molecule has 52 heavy (non-hydrogen) atoms. The van der Waals surface area contributed by atoms with Crippen LogP contribution in [0, 0.1) is 0 Å². The van der Waals surface area contributed by atoms with E-state index >= 15 is 0 Å². The molecule has 0 saturated heterocycles. The second kappa shape index (κ2) is 46.5. The zero-order chi connectivity index (χ0) is 38.6. The molecule has 0 radical (unpaired) electrons. The summed E-state index contributed by atoms with van der Waals surface area (Å²) in [5.41, 5.74) is 0. The van der Waals surface area contributed by atoms with Gasteiger partial charge in [0.2, 0.25) is 0 Å². The van der Waals surface area contributed by atoms with Crippen molar-refractivity contribution in [2.75, 3.05) is 188 Å². The Hall–Kier alpha value is -0.640. The van der Waals surface area contributed by atoms with Gasteiger partial charge in [0.15, 0.2) is 0 Å². The number of rotatable bonds is 42. The number of methoxy groups -OCH3 is 6. The Balaban J connectivity index is 0. The Morgan fingerprint density at radius 3 is 0.712 bits per heavy atom. The zero-order valence-electron chi connectivity index (χ0n) is 33.8. The molecule has 4 atom stereocenters. The summed E-state index contributed by atoms with van der Waals surface area (Å²) in [6, 6.07) is 0. The molecule has 16 heteroatoms. The minimum Gasteiger partial charge on any atom is -0.382 e. The van der Waals surface area contributed by atoms with Crippen LogP contribution in [0.15, 0.2) is 0 Å². The highest BCUT2D eigenvalue weighted by molar-refractivity contribution is 4.58. The van der Waals surface area contributed by atoms with Crippen LogP contribution in [0.2, 0.25) is 0 Å². The molecule has 0 spiro atoms. The monoisotopic (exact) mass is 765 g/mol. The second-order valence-electron chi connectivity index (χ2n) is 11.2. The fraction of sp³-hybridized carbons (Fsp3) is 1.00. The van der Waals surface area contributed by atoms with Gasteiger partial charge in [0.05, 0.1) is 158 Å². The molecule has 0 heterocycles. The lowest BCUT2D eigenvalue weighted by Crippen LogP contribution is -2.29. The molecule has 0 aliphatic heterocycles. The van der Waals surface area contributed by atoms with E-state index in [0.29, 0.717) is 145 Å². The summed E-state index contributed by atoms with van der Waals surface area (Å²) < 4.78 is 86.4. The van der Waals surface area contributed by atoms with E-state index in [2.05, 4.69) is 13.8 Å². The van der Waals surface area contributed by atoms with Crippen molar-refractivity contribution in [3.05, 3.63) is 0 Å². The maximum Gasteiger partial charge on any atom is 0.104 e. The van der Waals surface area contributed by atoms with Gasteiger partial charge in [-0.1, -0.05) is 13.8 Å². The zero-order valence-corrected chi connectivity index (χ0v) is 33.8. The fourth-order valence-electron chi connectivity index (χ4n) is 3.86. The molecule has 0 fully saturated rings. The molecule has 316 valence electrons. The molecule has 4 unspecified atom stereocenters. The average Bonchev–Trinajstić information content (AvgIpc) is 3.16. The van der Waals surface area contributed by atoms with Crippen LogP contribution in [0.25, 0.3) is 0 Å². The van der Waals surface area contributed by atoms with Crippen LogP contribution in [0.1, 0.15) is 26.7 Å². The molecule has 0 aliphatic carbocycles. The topological polar surface area (TPSA) is 148 Å². The van der Waals surface area contributed by atoms with E-state index in [9.17, 15) is 0 Å². The van der Waals surface area contributed by atoms with Crippen molar-refractivity contribution >= 4 is 0 Å². The van der Waals surface area contributed by atoms with E-state index in [1.165, 1.54) is 0 Å². The lowest BCUT2D eigenvalue weighted by atomic mass is 10.3. The Bertz CT molecular complexity index is 639. The van der Waals surface area contributed by atoms with Crippen LogP contribution in [0.4, 0.5) is 0 Å². The van der Waals surface area contributed by atoms with Gasteiger partial charge in [0.1, 0.15) is 12.2 Å². The summed E-state index contributed by atoms with van der Waals surface area (Å²) in [6.07, 6.45) is 1.61. The second-order valence-corrected chi connectivity index (χ2v) is 11.2. The summed E-state index contributed by atoms with van der Waals surface area (Å²) >= 11 is 0. The molecule has 0 amide bonds. The maximum atomic E-state index is 5.89. The highest BCUT2D eigenvalue weighted by atomic mass is 16.6. The number of ether oxygens (including phenoxy) is 16. The average molecular weight is 765 g/mol. The largest absolute Gasteiger partial charge is 0.382 e. The van der Waals surface area contributed by atoms with Crippen LogP contribution < -0.4 is 0 Å². The lowest BCUT2D eigenvalue weighted by molar-refractivity contribution is -0.0922. The SMILES string of the molecule is CCC(COCCOC)OCCOC.CCC(COCCOCC(COCCOC)OCCOC)OCCOCC(COCCOC)OCCOC. The molecule has 0 aromatic carbocycles. The van der Waals surface area contributed by atoms with Gasteiger partial charge in [-0.25, -0.2) is 0 Å². The Morgan fingerprint density at radius 1 is 0.250 bits per heavy atom. The molecule has 0 rings (SSSR count). The Kier molecular flexibility index (Phi) is 47.8. The van der Waals surface area contributed by atoms with Gasteiger partial charge in [-0.3, -0.25) is 0 Å². The summed E-state index contributed by atoms with van der Waals surface area (Å²) in [4.78, 5) is 0. The highest BCUT2D eigenvalue weighted by Gasteiger charge is 2.13. The predicted octanol–water partition coefficient (Wildman–Crippen LogP) is 2.31. The van der Waals surface area contributed by atoms with Crippen molar-refractivity contribution in [2.24, 2.45) is 0 Å². The van der Waals surface area contributed by atoms with Crippen molar-refractivity contribution < 1.29 is 75.8 Å². The van der Waals surface area contributed by atoms with Gasteiger partial charge in [-0.2, -0.15) is 0 Å². The van der Waals surface area contributed by atoms with Gasteiger partial charge in [-0.15, -0.1) is 0 Å². The van der Waals surface area contributed by atoms with Gasteiger partial charge < -0.3 is 75.8 Å². The Morgan fingerprint density at radius 2 is 0.442 bits per heavy atom. The van der Waals surface area contributed by atoms with Crippen molar-refractivity contribution in [2.45, 2.75) is 51.1 Å². The lowest BCUT2D eigenvalue weighted by Gasteiger charge is -2.20. The molecule has 0 aromatic heterocycles. The first-order valence-corrected chi connectivity index (χ1v) is 18.4. The van der Waals surface area contributed by atoms with Crippen LogP contribution in [0.3, 0.4) is 0 Å². The highest BCUT2D eigenvalue weighted by Crippen LogP contribution is 2.02. The summed E-state index contributed by atoms with van der Waals surface area (Å²) in [7, 11) is 9.89. The van der Waals surface area contributed by atoms with E-state index < -0.39 is 0 Å². The van der Waals surface area contributed by atoms with Crippen LogP contribution in [0.5, 0.6) is 0 Å². The first-order chi connectivity index (χ1) is 25.6. The first-order valence-electron chi connectivity index (χ1n) is 18.4. The van der Waals surface area contributed by atoms with Gasteiger partial charge in [0.25, 0.3) is 0 Å². The number of hydrogen-bond acceptors (Lipinski definition) is 16. The first kappa shape index (κ1) is 53.5. The molecule has 0 aliphatic rings. The van der Waals surface area contributed by atoms with Gasteiger partial charge in [-0.05, 0) is 12.8 Å². The third kappa shape index (κ3) is 40.5. The third-order valence-corrected chi connectivity index (χ3v) is 6.90. The van der Waals surface area contributed by atoms with Crippen molar-refractivity contribution in [3.63, 3.8) is 0 Å². The standard InChI is InChI=1S/C26H54O12.C10H22O4/c1-6-24(36-18-15-35-23-26(38-17-10-30-5)21-32-12-8-28-3)19-33-13-14-34-22-25(37-16-9-29-4)20-31-11-7-27-2;1-4-10(14-8-6-12-3)9-13-7-5-11-2/h24-26H,6-23H2,1-5H3;10H,4-9H2,1-3H3. The number of hydrogen-bond donors (Lipinski definition) is 0. The third-order valence-electron chi connectivity index (χ3n) is 6.90. The molecule has 0 saturated carbocycles. The minimum atomic E-state index is -0.172. The van der Waals surface area contributed by atoms with Gasteiger partial charge in [0, 0.05) is 42.7 Å². The van der Waals surface area contributed by atoms with Crippen molar-refractivity contribution in [1.82, 2.24) is 0 Å². The normalized spacial score (nSPS) is 13.8. The van der Waals surface area contributed by atoms with Crippen LogP contribution >= 0.6 is 0 Å². The van der Waals surface area contributed by atoms with E-state index in [1.54, 1.807) is 42.7 Å². The van der Waals surface area contributed by atoms with Crippen LogP contribution in [-0.2, 0) is 75.8 Å². The predicted molar refractivity (Wildman–Crippen MR) is 196 cm³/mol. The summed E-state index contributed by atoms with van der Waals surface area (Å²) in [6.45, 7) is 15.4. The van der Waals surface area contributed by atoms with E-state index in [-0.39, 0.29) is 24.4 Å². The fourth-order valence-corrected chi connectivity index (χ4v) is 3.86. The maximum absolute atomic E-state index is 5.89. The van der Waals surface area contributed by atoms with E-state index in [0.717, 1.165) is 12.8 Å². The molecular weight excluding hydrogens is 688 g/mol. The van der Waals surface area contributed by atoms with Crippen LogP contribution in [-0.4, -0.2) is 212 Å². The smallest absolute Gasteiger partial charge is 0.104 e. The molecule has 0 N–H and O–H groups in total. The quantitative estimate of drug-likeness (QED) is 0.0837. The summed E-state index contributed by atoms with van der Waals surface area (Å²) in [5.74, 6) is 0. The van der Waals surface area contributed by atoms with Gasteiger partial charge >= 0.3 is 0 Å². The van der Waals surface area contributed by atoms with E-state index in [4.69, 9.17) is 75.8 Å². The minimum absolute atomic E-state index is 0.0102. The summed E-state index contributed by atoms with van der Waals surface area (Å²) in [5, 5.41) is 0. The molecule has 0 bridgehead atoms. The van der Waals surface area contributed by atoms with Crippen molar-refractivity contribution in [3.8, 4) is 0 Å². The molecule has 0 aromatic rings. The Labute approximate surface area is 314 Å². The van der Waals surface area contributed by atoms with Crippen molar-refractivity contribution in [1.29, 1.82) is 0 Å².